The Morgan fingerprint density at radius 2 is 1.55 bits per heavy atom. The average molecular weight is 511 g/mol. The number of amides is 1. The standard InChI is InChI=1S/C34H42N2O2/c1-3-30(28-14-8-5-9-15-28)34(37)36-24-29(32(25-36)31-16-10-11-17-33(31)38-2)23-35-20-18-27(19-21-35)22-26-12-6-4-7-13-26/h4-17,27,29-30,32H,3,18-25H2,1-2H3/t29-,30+,32+/m0/s1. The first-order chi connectivity index (χ1) is 18.7. The molecule has 3 aromatic rings. The lowest BCUT2D eigenvalue weighted by Gasteiger charge is -2.35. The van der Waals surface area contributed by atoms with Crippen molar-refractivity contribution in [3.8, 4) is 5.75 Å². The number of ether oxygens (including phenoxy) is 1. The SMILES string of the molecule is CC[C@@H](C(=O)N1C[C@H](CN2CCC(Cc3ccccc3)CC2)[C@H](c2ccccc2OC)C1)c1ccccc1. The highest BCUT2D eigenvalue weighted by Crippen LogP contribution is 2.40. The van der Waals surface area contributed by atoms with Gasteiger partial charge in [0.15, 0.2) is 0 Å². The third-order valence-electron chi connectivity index (χ3n) is 8.77. The van der Waals surface area contributed by atoms with Gasteiger partial charge in [-0.25, -0.2) is 0 Å². The van der Waals surface area contributed by atoms with Gasteiger partial charge in [-0.1, -0.05) is 85.8 Å². The fraction of sp³-hybridized carbons (Fsp3) is 0.441. The molecule has 2 aliphatic rings. The van der Waals surface area contributed by atoms with Crippen LogP contribution in [0.2, 0.25) is 0 Å². The van der Waals surface area contributed by atoms with Crippen LogP contribution >= 0.6 is 0 Å². The van der Waals surface area contributed by atoms with Gasteiger partial charge in [0.25, 0.3) is 0 Å². The van der Waals surface area contributed by atoms with Crippen LogP contribution in [-0.2, 0) is 11.2 Å². The van der Waals surface area contributed by atoms with E-state index in [0.29, 0.717) is 5.92 Å². The summed E-state index contributed by atoms with van der Waals surface area (Å²) in [4.78, 5) is 18.6. The van der Waals surface area contributed by atoms with Crippen LogP contribution in [0.5, 0.6) is 5.75 Å². The Hall–Kier alpha value is -3.11. The molecule has 4 nitrogen and oxygen atoms in total. The Morgan fingerprint density at radius 1 is 0.895 bits per heavy atom. The highest BCUT2D eigenvalue weighted by atomic mass is 16.5. The summed E-state index contributed by atoms with van der Waals surface area (Å²) in [6.45, 7) is 7.02. The minimum Gasteiger partial charge on any atom is -0.496 e. The summed E-state index contributed by atoms with van der Waals surface area (Å²) in [5.41, 5.74) is 3.82. The lowest BCUT2D eigenvalue weighted by molar-refractivity contribution is -0.132. The van der Waals surface area contributed by atoms with Crippen molar-refractivity contribution in [2.75, 3.05) is 39.8 Å². The molecule has 38 heavy (non-hydrogen) atoms. The van der Waals surface area contributed by atoms with Gasteiger partial charge in [-0.05, 0) is 73.4 Å². The van der Waals surface area contributed by atoms with Crippen molar-refractivity contribution in [2.45, 2.75) is 44.4 Å². The molecule has 5 rings (SSSR count). The number of para-hydroxylation sites is 1. The minimum absolute atomic E-state index is 0.0815. The molecule has 0 N–H and O–H groups in total. The molecule has 4 heteroatoms. The number of nitrogens with zero attached hydrogens (tertiary/aromatic N) is 2. The monoisotopic (exact) mass is 510 g/mol. The molecule has 200 valence electrons. The van der Waals surface area contributed by atoms with E-state index in [1.54, 1.807) is 7.11 Å². The van der Waals surface area contributed by atoms with Gasteiger partial charge in [0.05, 0.1) is 13.0 Å². The van der Waals surface area contributed by atoms with E-state index in [9.17, 15) is 4.79 Å². The van der Waals surface area contributed by atoms with E-state index in [1.807, 2.05) is 24.3 Å². The van der Waals surface area contributed by atoms with Crippen LogP contribution in [0.1, 0.15) is 54.7 Å². The van der Waals surface area contributed by atoms with Crippen molar-refractivity contribution in [2.24, 2.45) is 11.8 Å². The Bertz CT molecular complexity index is 1160. The molecule has 0 radical (unpaired) electrons. The first-order valence-corrected chi connectivity index (χ1v) is 14.4. The number of carbonyl (C=O) groups is 1. The van der Waals surface area contributed by atoms with Crippen molar-refractivity contribution < 1.29 is 9.53 Å². The van der Waals surface area contributed by atoms with Crippen molar-refractivity contribution >= 4 is 5.91 Å². The van der Waals surface area contributed by atoms with E-state index in [1.165, 1.54) is 30.4 Å². The average Bonchev–Trinajstić information content (AvgIpc) is 3.39. The molecular weight excluding hydrogens is 468 g/mol. The van der Waals surface area contributed by atoms with E-state index in [2.05, 4.69) is 77.4 Å². The Labute approximate surface area is 228 Å². The number of benzene rings is 3. The molecule has 2 aliphatic heterocycles. The number of methoxy groups -OCH3 is 1. The van der Waals surface area contributed by atoms with E-state index in [-0.39, 0.29) is 17.7 Å². The summed E-state index contributed by atoms with van der Waals surface area (Å²) in [7, 11) is 1.76. The number of hydrogen-bond acceptors (Lipinski definition) is 3. The van der Waals surface area contributed by atoms with Crippen LogP contribution in [0.4, 0.5) is 0 Å². The minimum atomic E-state index is -0.0815. The summed E-state index contributed by atoms with van der Waals surface area (Å²) in [6, 6.07) is 29.6. The van der Waals surface area contributed by atoms with Gasteiger partial charge in [-0.3, -0.25) is 4.79 Å². The fourth-order valence-corrected chi connectivity index (χ4v) is 6.67. The summed E-state index contributed by atoms with van der Waals surface area (Å²) in [6.07, 6.45) is 4.49. The third kappa shape index (κ3) is 6.13. The van der Waals surface area contributed by atoms with Crippen LogP contribution in [0, 0.1) is 11.8 Å². The molecule has 2 heterocycles. The number of hydrogen-bond donors (Lipinski definition) is 0. The molecule has 1 amide bonds. The largest absolute Gasteiger partial charge is 0.496 e. The maximum absolute atomic E-state index is 13.8. The van der Waals surface area contributed by atoms with Gasteiger partial charge in [0.1, 0.15) is 5.75 Å². The predicted octanol–water partition coefficient (Wildman–Crippen LogP) is 6.39. The second-order valence-electron chi connectivity index (χ2n) is 11.2. The zero-order valence-electron chi connectivity index (χ0n) is 23.0. The fourth-order valence-electron chi connectivity index (χ4n) is 6.67. The lowest BCUT2D eigenvalue weighted by Crippen LogP contribution is -2.39. The quantitative estimate of drug-likeness (QED) is 0.335. The van der Waals surface area contributed by atoms with Gasteiger partial charge in [-0.15, -0.1) is 0 Å². The van der Waals surface area contributed by atoms with E-state index < -0.39 is 0 Å². The smallest absolute Gasteiger partial charge is 0.230 e. The van der Waals surface area contributed by atoms with Gasteiger partial charge in [-0.2, -0.15) is 0 Å². The van der Waals surface area contributed by atoms with Gasteiger partial charge in [0.2, 0.25) is 5.91 Å². The summed E-state index contributed by atoms with van der Waals surface area (Å²) in [5, 5.41) is 0. The summed E-state index contributed by atoms with van der Waals surface area (Å²) < 4.78 is 5.78. The number of carbonyl (C=O) groups excluding carboxylic acids is 1. The Balaban J connectivity index is 1.29. The normalized spacial score (nSPS) is 21.4. The summed E-state index contributed by atoms with van der Waals surface area (Å²) in [5.74, 6) is 2.56. The molecule has 2 saturated heterocycles. The van der Waals surface area contributed by atoms with E-state index >= 15 is 0 Å². The molecule has 0 spiro atoms. The van der Waals surface area contributed by atoms with Crippen LogP contribution < -0.4 is 4.74 Å². The molecule has 0 unspecified atom stereocenters. The zero-order valence-corrected chi connectivity index (χ0v) is 23.0. The van der Waals surface area contributed by atoms with Gasteiger partial charge < -0.3 is 14.5 Å². The molecular formula is C34H42N2O2. The molecule has 0 aromatic heterocycles. The maximum Gasteiger partial charge on any atom is 0.230 e. The zero-order chi connectivity index (χ0) is 26.3. The van der Waals surface area contributed by atoms with Crippen LogP contribution in [0.15, 0.2) is 84.9 Å². The van der Waals surface area contributed by atoms with Gasteiger partial charge >= 0.3 is 0 Å². The maximum atomic E-state index is 13.8. The van der Waals surface area contributed by atoms with Crippen molar-refractivity contribution in [1.82, 2.24) is 9.80 Å². The Kier molecular flexibility index (Phi) is 8.80. The van der Waals surface area contributed by atoms with E-state index in [4.69, 9.17) is 4.74 Å². The van der Waals surface area contributed by atoms with Crippen LogP contribution in [0.3, 0.4) is 0 Å². The molecule has 0 saturated carbocycles. The van der Waals surface area contributed by atoms with Crippen LogP contribution in [0.25, 0.3) is 0 Å². The second kappa shape index (κ2) is 12.6. The molecule has 0 aliphatic carbocycles. The molecule has 3 atom stereocenters. The van der Waals surface area contributed by atoms with Crippen LogP contribution in [-0.4, -0.2) is 55.5 Å². The lowest BCUT2D eigenvalue weighted by atomic mass is 9.86. The number of likely N-dealkylation sites (tertiary alicyclic amines) is 2. The van der Waals surface area contributed by atoms with Crippen molar-refractivity contribution in [3.63, 3.8) is 0 Å². The first-order valence-electron chi connectivity index (χ1n) is 14.4. The Morgan fingerprint density at radius 3 is 2.24 bits per heavy atom. The topological polar surface area (TPSA) is 32.8 Å². The third-order valence-corrected chi connectivity index (χ3v) is 8.77. The van der Waals surface area contributed by atoms with Crippen molar-refractivity contribution in [3.05, 3.63) is 102 Å². The van der Waals surface area contributed by atoms with Gasteiger partial charge in [0, 0.05) is 25.6 Å². The summed E-state index contributed by atoms with van der Waals surface area (Å²) >= 11 is 0. The van der Waals surface area contributed by atoms with E-state index in [0.717, 1.165) is 56.4 Å². The molecule has 0 bridgehead atoms. The number of piperidine rings is 1. The molecule has 3 aromatic carbocycles. The molecule has 2 fully saturated rings. The predicted molar refractivity (Wildman–Crippen MR) is 155 cm³/mol. The highest BCUT2D eigenvalue weighted by Gasteiger charge is 2.40. The number of rotatable bonds is 9. The van der Waals surface area contributed by atoms with Crippen molar-refractivity contribution in [1.29, 1.82) is 0 Å². The second-order valence-corrected chi connectivity index (χ2v) is 11.2. The highest BCUT2D eigenvalue weighted by molar-refractivity contribution is 5.84. The first kappa shape index (κ1) is 26.5.